The SMILES string of the molecule is COC(C)(C)C(=O)N1CCCNC(=O)c2csc(n2)[C@H](C(C)C)NC(=O)c2csc(n2)[C@H](Cc2ccccc2)NC(=O)C1. The van der Waals surface area contributed by atoms with Gasteiger partial charge in [0, 0.05) is 31.0 Å². The van der Waals surface area contributed by atoms with E-state index in [1.165, 1.54) is 34.7 Å². The molecule has 0 spiro atoms. The summed E-state index contributed by atoms with van der Waals surface area (Å²) in [6, 6.07) is 8.73. The lowest BCUT2D eigenvalue weighted by molar-refractivity contribution is -0.153. The molecule has 0 fully saturated rings. The standard InChI is InChI=1S/C30H38N6O5S2/c1-18(2)24-28-34-21(16-43-28)25(38)31-12-9-13-36(29(40)30(3,4)41-5)15-23(37)32-20(14-19-10-7-6-8-11-19)27-33-22(17-42-27)26(39)35-24/h6-8,10-11,16-18,20,24H,9,12-15H2,1-5H3,(H,31,38)(H,32,37)(H,35,39)/t20-,24-/m0/s1. The maximum Gasteiger partial charge on any atom is 0.271 e. The number of benzene rings is 1. The Labute approximate surface area is 259 Å². The van der Waals surface area contributed by atoms with Gasteiger partial charge in [-0.15, -0.1) is 22.7 Å². The van der Waals surface area contributed by atoms with Crippen molar-refractivity contribution >= 4 is 46.3 Å². The number of nitrogens with zero attached hydrogens (tertiary/aromatic N) is 3. The first-order chi connectivity index (χ1) is 20.5. The molecule has 0 saturated heterocycles. The molecule has 1 aromatic carbocycles. The van der Waals surface area contributed by atoms with Crippen molar-refractivity contribution in [2.24, 2.45) is 5.92 Å². The number of aromatic nitrogens is 2. The van der Waals surface area contributed by atoms with Gasteiger partial charge < -0.3 is 25.6 Å². The number of nitrogens with one attached hydrogen (secondary N) is 3. The molecular weight excluding hydrogens is 589 g/mol. The van der Waals surface area contributed by atoms with E-state index in [0.717, 1.165) is 5.56 Å². The van der Waals surface area contributed by atoms with Crippen molar-refractivity contribution in [1.82, 2.24) is 30.8 Å². The fourth-order valence-electron chi connectivity index (χ4n) is 4.56. The number of carbonyl (C=O) groups excluding carboxylic acids is 4. The molecule has 3 aromatic rings. The molecule has 4 amide bonds. The van der Waals surface area contributed by atoms with Gasteiger partial charge in [-0.1, -0.05) is 44.2 Å². The first-order valence-corrected chi connectivity index (χ1v) is 15.9. The van der Waals surface area contributed by atoms with E-state index in [-0.39, 0.29) is 60.6 Å². The lowest BCUT2D eigenvalue weighted by Gasteiger charge is -2.31. The van der Waals surface area contributed by atoms with Crippen LogP contribution in [-0.4, -0.2) is 70.8 Å². The van der Waals surface area contributed by atoms with E-state index in [2.05, 4.69) is 25.9 Å². The Morgan fingerprint density at radius 3 is 2.35 bits per heavy atom. The van der Waals surface area contributed by atoms with Crippen molar-refractivity contribution < 1.29 is 23.9 Å². The van der Waals surface area contributed by atoms with Crippen LogP contribution < -0.4 is 16.0 Å². The predicted octanol–water partition coefficient (Wildman–Crippen LogP) is 3.51. The summed E-state index contributed by atoms with van der Waals surface area (Å²) in [5, 5.41) is 13.4. The van der Waals surface area contributed by atoms with Crippen molar-refractivity contribution in [3.8, 4) is 0 Å². The van der Waals surface area contributed by atoms with Gasteiger partial charge >= 0.3 is 0 Å². The predicted molar refractivity (Wildman–Crippen MR) is 165 cm³/mol. The van der Waals surface area contributed by atoms with Gasteiger partial charge in [-0.3, -0.25) is 19.2 Å². The summed E-state index contributed by atoms with van der Waals surface area (Å²) in [4.78, 5) is 63.6. The zero-order valence-corrected chi connectivity index (χ0v) is 26.6. The highest BCUT2D eigenvalue weighted by atomic mass is 32.1. The van der Waals surface area contributed by atoms with Crippen LogP contribution in [0.1, 0.15) is 82.8 Å². The Morgan fingerprint density at radius 1 is 1.02 bits per heavy atom. The third-order valence-corrected chi connectivity index (χ3v) is 9.07. The molecule has 2 aromatic heterocycles. The summed E-state index contributed by atoms with van der Waals surface area (Å²) in [7, 11) is 1.45. The van der Waals surface area contributed by atoms with Crippen LogP contribution in [0.4, 0.5) is 0 Å². The molecule has 2 atom stereocenters. The van der Waals surface area contributed by atoms with Crippen LogP contribution in [0.5, 0.6) is 0 Å². The van der Waals surface area contributed by atoms with E-state index < -0.39 is 17.7 Å². The molecule has 13 heteroatoms. The lowest BCUT2D eigenvalue weighted by atomic mass is 10.0. The summed E-state index contributed by atoms with van der Waals surface area (Å²) in [6.07, 6.45) is 0.858. The zero-order chi connectivity index (χ0) is 31.1. The van der Waals surface area contributed by atoms with Gasteiger partial charge in [-0.25, -0.2) is 9.97 Å². The number of rotatable bonds is 5. The van der Waals surface area contributed by atoms with E-state index in [4.69, 9.17) is 4.74 Å². The van der Waals surface area contributed by atoms with E-state index >= 15 is 0 Å². The zero-order valence-electron chi connectivity index (χ0n) is 25.0. The molecule has 11 nitrogen and oxygen atoms in total. The number of hydrogen-bond acceptors (Lipinski definition) is 9. The van der Waals surface area contributed by atoms with E-state index in [1.54, 1.807) is 24.6 Å². The van der Waals surface area contributed by atoms with Gasteiger partial charge in [0.15, 0.2) is 0 Å². The molecule has 0 saturated carbocycles. The highest BCUT2D eigenvalue weighted by Gasteiger charge is 2.33. The quantitative estimate of drug-likeness (QED) is 0.393. The highest BCUT2D eigenvalue weighted by molar-refractivity contribution is 7.10. The van der Waals surface area contributed by atoms with Gasteiger partial charge in [0.2, 0.25) is 5.91 Å². The summed E-state index contributed by atoms with van der Waals surface area (Å²) in [6.45, 7) is 7.51. The molecule has 3 N–H and O–H groups in total. The third kappa shape index (κ3) is 8.24. The minimum atomic E-state index is -1.15. The van der Waals surface area contributed by atoms with Crippen molar-refractivity contribution in [1.29, 1.82) is 0 Å². The van der Waals surface area contributed by atoms with Gasteiger partial charge in [0.05, 0.1) is 18.6 Å². The molecule has 1 aliphatic heterocycles. The number of thiazole rings is 2. The fraction of sp³-hybridized carbons (Fsp3) is 0.467. The lowest BCUT2D eigenvalue weighted by Crippen LogP contribution is -2.51. The summed E-state index contributed by atoms with van der Waals surface area (Å²) >= 11 is 2.60. The van der Waals surface area contributed by atoms with E-state index in [1.807, 2.05) is 44.2 Å². The van der Waals surface area contributed by atoms with Crippen LogP contribution in [0.15, 0.2) is 41.1 Å². The van der Waals surface area contributed by atoms with Crippen molar-refractivity contribution in [3.05, 3.63) is 68.1 Å². The second-order valence-corrected chi connectivity index (χ2v) is 13.0. The van der Waals surface area contributed by atoms with Gasteiger partial charge in [0.25, 0.3) is 17.7 Å². The van der Waals surface area contributed by atoms with Gasteiger partial charge in [-0.05, 0) is 38.2 Å². The van der Waals surface area contributed by atoms with Crippen molar-refractivity contribution in [2.75, 3.05) is 26.7 Å². The molecule has 3 heterocycles. The minimum Gasteiger partial charge on any atom is -0.369 e. The van der Waals surface area contributed by atoms with Gasteiger partial charge in [-0.2, -0.15) is 0 Å². The second kappa shape index (κ2) is 14.2. The van der Waals surface area contributed by atoms with Crippen molar-refractivity contribution in [3.63, 3.8) is 0 Å². The van der Waals surface area contributed by atoms with Crippen LogP contribution >= 0.6 is 22.7 Å². The number of methoxy groups -OCH3 is 1. The van der Waals surface area contributed by atoms with Crippen LogP contribution in [0.3, 0.4) is 0 Å². The molecule has 230 valence electrons. The Morgan fingerprint density at radius 2 is 1.67 bits per heavy atom. The van der Waals surface area contributed by atoms with E-state index in [9.17, 15) is 19.2 Å². The Bertz CT molecular complexity index is 1440. The number of amides is 4. The summed E-state index contributed by atoms with van der Waals surface area (Å²) in [5.74, 6) is -1.44. The maximum atomic E-state index is 13.4. The van der Waals surface area contributed by atoms with Crippen LogP contribution in [-0.2, 0) is 20.7 Å². The normalized spacial score (nSPS) is 19.1. The van der Waals surface area contributed by atoms with Crippen LogP contribution in [0, 0.1) is 5.92 Å². The minimum absolute atomic E-state index is 0.00298. The molecule has 1 aliphatic rings. The molecule has 4 bridgehead atoms. The topological polar surface area (TPSA) is 143 Å². The second-order valence-electron chi connectivity index (χ2n) is 11.2. The third-order valence-electron chi connectivity index (χ3n) is 7.18. The molecular formula is C30H38N6O5S2. The smallest absolute Gasteiger partial charge is 0.271 e. The number of ether oxygens (including phenoxy) is 1. The number of fused-ring (bicyclic) bond motifs is 4. The van der Waals surface area contributed by atoms with E-state index in [0.29, 0.717) is 22.9 Å². The van der Waals surface area contributed by atoms with Crippen molar-refractivity contribution in [2.45, 2.75) is 58.2 Å². The van der Waals surface area contributed by atoms with Crippen LogP contribution in [0.25, 0.3) is 0 Å². The number of hydrogen-bond donors (Lipinski definition) is 3. The fourth-order valence-corrected chi connectivity index (χ4v) is 6.43. The highest BCUT2D eigenvalue weighted by Crippen LogP contribution is 2.27. The Hall–Kier alpha value is -3.68. The van der Waals surface area contributed by atoms with Crippen LogP contribution in [0.2, 0.25) is 0 Å². The Balaban J connectivity index is 1.68. The molecule has 0 radical (unpaired) electrons. The Kier molecular flexibility index (Phi) is 10.6. The maximum absolute atomic E-state index is 13.4. The van der Waals surface area contributed by atoms with Gasteiger partial charge in [0.1, 0.15) is 27.0 Å². The summed E-state index contributed by atoms with van der Waals surface area (Å²) < 4.78 is 5.41. The summed E-state index contributed by atoms with van der Waals surface area (Å²) in [5.41, 5.74) is 0.314. The largest absolute Gasteiger partial charge is 0.369 e. The monoisotopic (exact) mass is 626 g/mol. The molecule has 0 aliphatic carbocycles. The average Bonchev–Trinajstić information content (AvgIpc) is 3.67. The first kappa shape index (κ1) is 32.2. The molecule has 4 rings (SSSR count). The number of carbonyl (C=O) groups is 4. The first-order valence-electron chi connectivity index (χ1n) is 14.2. The average molecular weight is 627 g/mol. The molecule has 0 unspecified atom stereocenters. The molecule has 43 heavy (non-hydrogen) atoms.